The molecule has 16 heavy (non-hydrogen) atoms. The number of carbonyl (C=O) groups excluding carboxylic acids is 1. The van der Waals surface area contributed by atoms with Gasteiger partial charge in [0.25, 0.3) is 0 Å². The van der Waals surface area contributed by atoms with Crippen LogP contribution in [0.15, 0.2) is 0 Å². The summed E-state index contributed by atoms with van der Waals surface area (Å²) >= 11 is 4.94. The summed E-state index contributed by atoms with van der Waals surface area (Å²) in [6, 6.07) is -0.0637. The zero-order valence-electron chi connectivity index (χ0n) is 10.5. The van der Waals surface area contributed by atoms with E-state index in [0.717, 1.165) is 0 Å². The number of rotatable bonds is 4. The van der Waals surface area contributed by atoms with Crippen LogP contribution in [-0.4, -0.2) is 31.3 Å². The Bertz CT molecular complexity index is 251. The SMILES string of the molecule is CNC(=S)NNC(CC(=O)OC)C(C)(C)C. The van der Waals surface area contributed by atoms with Gasteiger partial charge in [-0.1, -0.05) is 20.8 Å². The maximum absolute atomic E-state index is 11.2. The van der Waals surface area contributed by atoms with Crippen LogP contribution in [0.2, 0.25) is 0 Å². The zero-order valence-corrected chi connectivity index (χ0v) is 11.3. The summed E-state index contributed by atoms with van der Waals surface area (Å²) in [5, 5.41) is 3.27. The third kappa shape index (κ3) is 5.87. The minimum Gasteiger partial charge on any atom is -0.469 e. The first-order valence-corrected chi connectivity index (χ1v) is 5.52. The van der Waals surface area contributed by atoms with Gasteiger partial charge >= 0.3 is 5.97 Å². The Kier molecular flexibility index (Phi) is 6.28. The summed E-state index contributed by atoms with van der Waals surface area (Å²) < 4.78 is 4.65. The van der Waals surface area contributed by atoms with Gasteiger partial charge in [0.15, 0.2) is 5.11 Å². The first kappa shape index (κ1) is 15.1. The van der Waals surface area contributed by atoms with Gasteiger partial charge in [0.2, 0.25) is 0 Å². The van der Waals surface area contributed by atoms with Crippen molar-refractivity contribution < 1.29 is 9.53 Å². The van der Waals surface area contributed by atoms with Crippen LogP contribution in [0.25, 0.3) is 0 Å². The van der Waals surface area contributed by atoms with Gasteiger partial charge in [-0.2, -0.15) is 0 Å². The molecule has 0 amide bonds. The Balaban J connectivity index is 4.33. The maximum atomic E-state index is 11.2. The molecule has 5 nitrogen and oxygen atoms in total. The molecule has 1 atom stereocenters. The van der Waals surface area contributed by atoms with Gasteiger partial charge in [0.05, 0.1) is 13.5 Å². The summed E-state index contributed by atoms with van der Waals surface area (Å²) in [7, 11) is 3.11. The summed E-state index contributed by atoms with van der Waals surface area (Å²) in [5.41, 5.74) is 5.77. The summed E-state index contributed by atoms with van der Waals surface area (Å²) in [6.07, 6.45) is 0.291. The third-order valence-electron chi connectivity index (χ3n) is 2.23. The van der Waals surface area contributed by atoms with E-state index in [0.29, 0.717) is 11.5 Å². The molecule has 0 bridgehead atoms. The van der Waals surface area contributed by atoms with Crippen LogP contribution >= 0.6 is 12.2 Å². The standard InChI is InChI=1S/C10H21N3O2S/c1-10(2,3)7(6-8(14)15-5)12-13-9(16)11-4/h7,12H,6H2,1-5H3,(H2,11,13,16). The molecule has 0 aliphatic carbocycles. The van der Waals surface area contributed by atoms with Gasteiger partial charge in [-0.05, 0) is 17.6 Å². The van der Waals surface area contributed by atoms with E-state index in [9.17, 15) is 4.79 Å². The molecule has 1 unspecified atom stereocenters. The first-order valence-electron chi connectivity index (χ1n) is 5.11. The van der Waals surface area contributed by atoms with Crippen molar-refractivity contribution in [1.29, 1.82) is 0 Å². The zero-order chi connectivity index (χ0) is 12.8. The molecule has 0 saturated carbocycles. The predicted octanol–water partition coefficient (Wildman–Crippen LogP) is 0.563. The van der Waals surface area contributed by atoms with Crippen molar-refractivity contribution in [2.24, 2.45) is 5.41 Å². The predicted molar refractivity (Wildman–Crippen MR) is 67.8 cm³/mol. The molecule has 0 rings (SSSR count). The minimum atomic E-state index is -0.246. The number of methoxy groups -OCH3 is 1. The van der Waals surface area contributed by atoms with Crippen LogP contribution in [0.5, 0.6) is 0 Å². The molecule has 0 radical (unpaired) electrons. The van der Waals surface area contributed by atoms with Gasteiger partial charge in [0.1, 0.15) is 0 Å². The molecule has 0 heterocycles. The molecule has 0 spiro atoms. The van der Waals surface area contributed by atoms with Crippen LogP contribution in [0.1, 0.15) is 27.2 Å². The lowest BCUT2D eigenvalue weighted by atomic mass is 9.85. The highest BCUT2D eigenvalue weighted by atomic mass is 32.1. The van der Waals surface area contributed by atoms with E-state index in [4.69, 9.17) is 12.2 Å². The van der Waals surface area contributed by atoms with Gasteiger partial charge in [-0.25, -0.2) is 5.43 Å². The third-order valence-corrected chi connectivity index (χ3v) is 2.54. The molecule has 3 N–H and O–H groups in total. The lowest BCUT2D eigenvalue weighted by Gasteiger charge is -2.31. The number of thiocarbonyl (C=S) groups is 1. The molecule has 0 aliphatic rings. The number of hydrazine groups is 1. The molecular formula is C10H21N3O2S. The molecule has 0 aromatic rings. The Hall–Kier alpha value is -0.880. The van der Waals surface area contributed by atoms with Crippen LogP contribution in [0, 0.1) is 5.41 Å². The topological polar surface area (TPSA) is 62.4 Å². The second kappa shape index (κ2) is 6.65. The van der Waals surface area contributed by atoms with Crippen molar-refractivity contribution in [3.63, 3.8) is 0 Å². The second-order valence-electron chi connectivity index (χ2n) is 4.55. The molecule has 94 valence electrons. The van der Waals surface area contributed by atoms with Crippen molar-refractivity contribution in [3.05, 3.63) is 0 Å². The first-order chi connectivity index (χ1) is 7.31. The molecule has 0 saturated heterocycles. The Morgan fingerprint density at radius 3 is 2.38 bits per heavy atom. The Morgan fingerprint density at radius 2 is 2.00 bits per heavy atom. The second-order valence-corrected chi connectivity index (χ2v) is 4.96. The van der Waals surface area contributed by atoms with E-state index >= 15 is 0 Å². The highest BCUT2D eigenvalue weighted by Gasteiger charge is 2.27. The smallest absolute Gasteiger partial charge is 0.307 e. The van der Waals surface area contributed by atoms with Crippen molar-refractivity contribution in [2.75, 3.05) is 14.2 Å². The molecule has 0 fully saturated rings. The van der Waals surface area contributed by atoms with Gasteiger partial charge in [-0.15, -0.1) is 0 Å². The quantitative estimate of drug-likeness (QED) is 0.383. The fourth-order valence-corrected chi connectivity index (χ4v) is 1.10. The van der Waals surface area contributed by atoms with Crippen LogP contribution in [0.4, 0.5) is 0 Å². The van der Waals surface area contributed by atoms with E-state index in [-0.39, 0.29) is 17.4 Å². The molecule has 6 heteroatoms. The van der Waals surface area contributed by atoms with Gasteiger partial charge in [-0.3, -0.25) is 10.2 Å². The minimum absolute atomic E-state index is 0.0637. The van der Waals surface area contributed by atoms with Crippen LogP contribution in [0.3, 0.4) is 0 Å². The molecular weight excluding hydrogens is 226 g/mol. The fraction of sp³-hybridized carbons (Fsp3) is 0.800. The molecule has 0 aromatic heterocycles. The lowest BCUT2D eigenvalue weighted by Crippen LogP contribution is -2.53. The number of nitrogens with one attached hydrogen (secondary N) is 3. The Labute approximate surface area is 102 Å². The number of carbonyl (C=O) groups is 1. The van der Waals surface area contributed by atoms with E-state index in [2.05, 4.69) is 20.9 Å². The van der Waals surface area contributed by atoms with Crippen molar-refractivity contribution in [3.8, 4) is 0 Å². The number of hydrogen-bond acceptors (Lipinski definition) is 4. The monoisotopic (exact) mass is 247 g/mol. The van der Waals surface area contributed by atoms with E-state index in [1.54, 1.807) is 7.05 Å². The highest BCUT2D eigenvalue weighted by Crippen LogP contribution is 2.21. The summed E-state index contributed by atoms with van der Waals surface area (Å²) in [4.78, 5) is 11.2. The lowest BCUT2D eigenvalue weighted by molar-refractivity contribution is -0.142. The largest absolute Gasteiger partial charge is 0.469 e. The summed E-state index contributed by atoms with van der Waals surface area (Å²) in [6.45, 7) is 6.12. The highest BCUT2D eigenvalue weighted by molar-refractivity contribution is 7.80. The van der Waals surface area contributed by atoms with Crippen LogP contribution < -0.4 is 16.2 Å². The summed E-state index contributed by atoms with van der Waals surface area (Å²) in [5.74, 6) is -0.246. The molecule has 0 aromatic carbocycles. The number of esters is 1. The number of hydrogen-bond donors (Lipinski definition) is 3. The van der Waals surface area contributed by atoms with Crippen molar-refractivity contribution in [2.45, 2.75) is 33.2 Å². The fourth-order valence-electron chi connectivity index (χ4n) is 1.04. The van der Waals surface area contributed by atoms with Crippen LogP contribution in [-0.2, 0) is 9.53 Å². The van der Waals surface area contributed by atoms with Crippen molar-refractivity contribution >= 4 is 23.3 Å². The average Bonchev–Trinajstić information content (AvgIpc) is 2.21. The van der Waals surface area contributed by atoms with E-state index in [1.807, 2.05) is 20.8 Å². The normalized spacial score (nSPS) is 12.8. The van der Waals surface area contributed by atoms with E-state index < -0.39 is 0 Å². The Morgan fingerprint density at radius 1 is 1.44 bits per heavy atom. The average molecular weight is 247 g/mol. The van der Waals surface area contributed by atoms with Gasteiger partial charge < -0.3 is 10.1 Å². The number of ether oxygens (including phenoxy) is 1. The van der Waals surface area contributed by atoms with E-state index in [1.165, 1.54) is 7.11 Å². The van der Waals surface area contributed by atoms with Gasteiger partial charge in [0, 0.05) is 13.1 Å². The molecule has 0 aliphatic heterocycles. The maximum Gasteiger partial charge on any atom is 0.307 e. The van der Waals surface area contributed by atoms with Crippen molar-refractivity contribution in [1.82, 2.24) is 16.2 Å².